The molecule has 0 radical (unpaired) electrons. The van der Waals surface area contributed by atoms with Gasteiger partial charge in [0.05, 0.1) is 4.91 Å². The zero-order chi connectivity index (χ0) is 12.0. The van der Waals surface area contributed by atoms with Gasteiger partial charge in [-0.15, -0.1) is 12.6 Å². The third-order valence-corrected chi connectivity index (χ3v) is 1.98. The lowest BCUT2D eigenvalue weighted by Gasteiger charge is -1.96. The Labute approximate surface area is 96.7 Å². The van der Waals surface area contributed by atoms with E-state index in [1.54, 1.807) is 0 Å². The maximum Gasteiger partial charge on any atom is 0.321 e. The van der Waals surface area contributed by atoms with Crippen LogP contribution < -0.4 is 11.1 Å². The first-order valence-corrected chi connectivity index (χ1v) is 4.81. The number of carboxylic acid groups (broad SMARTS) is 1. The molecule has 0 aliphatic carbocycles. The number of carboxylic acids is 1. The number of nitrogens with one attached hydrogen (secondary N) is 1. The van der Waals surface area contributed by atoms with E-state index in [9.17, 15) is 14.4 Å². The Morgan fingerprint density at radius 3 is 2.20 bits per heavy atom. The normalized spacial score (nSPS) is 16.1. The Morgan fingerprint density at radius 1 is 1.60 bits per heavy atom. The fourth-order valence-electron chi connectivity index (χ4n) is 0.480. The molecule has 4 N–H and O–H groups in total. The molecular weight excluding hydrogens is 240 g/mol. The summed E-state index contributed by atoms with van der Waals surface area (Å²) in [5, 5.41) is 10.0. The third-order valence-electron chi connectivity index (χ3n) is 1.25. The summed E-state index contributed by atoms with van der Waals surface area (Å²) in [6, 6.07) is -0.816. The van der Waals surface area contributed by atoms with Gasteiger partial charge in [0.1, 0.15) is 6.04 Å². The van der Waals surface area contributed by atoms with E-state index in [0.29, 0.717) is 0 Å². The van der Waals surface area contributed by atoms with Crippen LogP contribution in [0.25, 0.3) is 0 Å². The molecule has 0 bridgehead atoms. The lowest BCUT2D eigenvalue weighted by atomic mass is 10.4. The van der Waals surface area contributed by atoms with Crippen molar-refractivity contribution in [3.63, 3.8) is 0 Å². The van der Waals surface area contributed by atoms with Crippen LogP contribution in [0.3, 0.4) is 0 Å². The van der Waals surface area contributed by atoms with Gasteiger partial charge in [-0.3, -0.25) is 19.7 Å². The van der Waals surface area contributed by atoms with Crippen LogP contribution in [0.1, 0.15) is 0 Å². The lowest BCUT2D eigenvalue weighted by molar-refractivity contribution is -0.138. The molecule has 2 amide bonds. The predicted octanol–water partition coefficient (Wildman–Crippen LogP) is -1.22. The Kier molecular flexibility index (Phi) is 6.06. The number of amides is 2. The Morgan fingerprint density at radius 2 is 2.13 bits per heavy atom. The summed E-state index contributed by atoms with van der Waals surface area (Å²) in [5.41, 5.74) is 4.94. The average molecular weight is 250 g/mol. The zero-order valence-electron chi connectivity index (χ0n) is 7.51. The van der Waals surface area contributed by atoms with Gasteiger partial charge in [-0.05, 0) is 0 Å². The maximum atomic E-state index is 10.3. The van der Waals surface area contributed by atoms with E-state index in [2.05, 4.69) is 25.3 Å². The lowest BCUT2D eigenvalue weighted by Crippen LogP contribution is -2.31. The summed E-state index contributed by atoms with van der Waals surface area (Å²) in [5.74, 6) is -1.62. The molecule has 0 spiro atoms. The Balaban J connectivity index is 0.000000265. The minimum absolute atomic E-state index is 0.176. The van der Waals surface area contributed by atoms with Crippen molar-refractivity contribution in [2.45, 2.75) is 6.04 Å². The number of thiol groups is 2. The highest BCUT2D eigenvalue weighted by Gasteiger charge is 2.16. The molecule has 6 nitrogen and oxygen atoms in total. The highest BCUT2D eigenvalue weighted by Crippen LogP contribution is 2.04. The minimum atomic E-state index is -1.00. The number of aliphatic carboxylic acids is 1. The molecule has 1 atom stereocenters. The van der Waals surface area contributed by atoms with Crippen LogP contribution in [0.4, 0.5) is 0 Å². The van der Waals surface area contributed by atoms with E-state index >= 15 is 0 Å². The van der Waals surface area contributed by atoms with Gasteiger partial charge in [-0.1, -0.05) is 0 Å². The second-order valence-electron chi connectivity index (χ2n) is 2.48. The van der Waals surface area contributed by atoms with Gasteiger partial charge in [0.25, 0.3) is 11.8 Å². The van der Waals surface area contributed by atoms with E-state index in [-0.39, 0.29) is 16.6 Å². The van der Waals surface area contributed by atoms with Crippen molar-refractivity contribution in [1.82, 2.24) is 5.32 Å². The molecule has 8 heteroatoms. The number of hydrogen-bond acceptors (Lipinski definition) is 6. The fraction of sp³-hybridized carbons (Fsp3) is 0.286. The van der Waals surface area contributed by atoms with Crippen LogP contribution in [-0.2, 0) is 14.4 Å². The van der Waals surface area contributed by atoms with Gasteiger partial charge in [0.2, 0.25) is 0 Å². The smallest absolute Gasteiger partial charge is 0.321 e. The third kappa shape index (κ3) is 5.45. The number of rotatable bonds is 2. The van der Waals surface area contributed by atoms with Gasteiger partial charge in [0.15, 0.2) is 0 Å². The molecular formula is C7H10N2O4S2. The number of nitrogens with two attached hydrogens (primary N) is 1. The number of carbonyl (C=O) groups is 3. The summed E-state index contributed by atoms with van der Waals surface area (Å²) < 4.78 is 0. The van der Waals surface area contributed by atoms with E-state index in [1.165, 1.54) is 0 Å². The van der Waals surface area contributed by atoms with Crippen molar-refractivity contribution >= 4 is 43.0 Å². The van der Waals surface area contributed by atoms with E-state index in [4.69, 9.17) is 10.8 Å². The second-order valence-corrected chi connectivity index (χ2v) is 3.32. The predicted molar refractivity (Wildman–Crippen MR) is 59.7 cm³/mol. The second kappa shape index (κ2) is 6.49. The van der Waals surface area contributed by atoms with Gasteiger partial charge >= 0.3 is 5.97 Å². The molecule has 0 aromatic heterocycles. The number of hydrogen-bond donors (Lipinski definition) is 5. The van der Waals surface area contributed by atoms with Crippen LogP contribution in [0, 0.1) is 0 Å². The first-order valence-electron chi connectivity index (χ1n) is 3.73. The fourth-order valence-corrected chi connectivity index (χ4v) is 0.809. The average Bonchev–Trinajstić information content (AvgIpc) is 2.43. The van der Waals surface area contributed by atoms with Gasteiger partial charge in [-0.25, -0.2) is 0 Å². The molecule has 1 heterocycles. The topological polar surface area (TPSA) is 109 Å². The first kappa shape index (κ1) is 14.0. The Bertz CT molecular complexity index is 316. The largest absolute Gasteiger partial charge is 0.480 e. The summed E-state index contributed by atoms with van der Waals surface area (Å²) in [4.78, 5) is 30.4. The Hall–Kier alpha value is -0.990. The molecule has 1 unspecified atom stereocenters. The molecule has 1 rings (SSSR count). The van der Waals surface area contributed by atoms with Crippen LogP contribution in [-0.4, -0.2) is 34.7 Å². The van der Waals surface area contributed by atoms with Gasteiger partial charge in [-0.2, -0.15) is 12.6 Å². The molecule has 0 aromatic rings. The molecule has 1 aliphatic heterocycles. The minimum Gasteiger partial charge on any atom is -0.480 e. The van der Waals surface area contributed by atoms with E-state index < -0.39 is 17.9 Å². The van der Waals surface area contributed by atoms with Crippen molar-refractivity contribution in [3.8, 4) is 0 Å². The number of imide groups is 1. The van der Waals surface area contributed by atoms with Gasteiger partial charge < -0.3 is 10.8 Å². The maximum absolute atomic E-state index is 10.3. The first-order chi connectivity index (χ1) is 6.88. The zero-order valence-corrected chi connectivity index (χ0v) is 9.29. The van der Waals surface area contributed by atoms with Crippen molar-refractivity contribution in [3.05, 3.63) is 11.0 Å². The summed E-state index contributed by atoms with van der Waals surface area (Å²) in [7, 11) is 0. The van der Waals surface area contributed by atoms with Crippen LogP contribution in [0.5, 0.6) is 0 Å². The van der Waals surface area contributed by atoms with E-state index in [1.807, 2.05) is 5.32 Å². The summed E-state index contributed by atoms with van der Waals surface area (Å²) >= 11 is 7.32. The molecule has 0 saturated carbocycles. The van der Waals surface area contributed by atoms with Crippen molar-refractivity contribution in [2.75, 3.05) is 5.75 Å². The standard InChI is InChI=1S/C4H3NO2S.C3H7NO2S/c6-3-1-2(8)4(7)5-3;4-2(1-7)3(5)6/h1H,(H2,5,6,7,8);2,7H,1,4H2,(H,5,6). The highest BCUT2D eigenvalue weighted by atomic mass is 32.1. The van der Waals surface area contributed by atoms with Gasteiger partial charge in [0, 0.05) is 11.8 Å². The summed E-state index contributed by atoms with van der Waals surface area (Å²) in [6.07, 6.45) is 1.14. The van der Waals surface area contributed by atoms with Crippen LogP contribution in [0.15, 0.2) is 11.0 Å². The van der Waals surface area contributed by atoms with E-state index in [0.717, 1.165) is 6.08 Å². The van der Waals surface area contributed by atoms with Crippen LogP contribution in [0.2, 0.25) is 0 Å². The van der Waals surface area contributed by atoms with Crippen molar-refractivity contribution in [2.24, 2.45) is 5.73 Å². The van der Waals surface area contributed by atoms with Crippen molar-refractivity contribution in [1.29, 1.82) is 0 Å². The molecule has 84 valence electrons. The molecule has 0 fully saturated rings. The SMILES string of the molecule is NC(CS)C(=O)O.O=C1C=C(S)C(=O)N1. The molecule has 15 heavy (non-hydrogen) atoms. The summed E-state index contributed by atoms with van der Waals surface area (Å²) in [6.45, 7) is 0. The number of carbonyl (C=O) groups excluding carboxylic acids is 2. The molecule has 0 saturated heterocycles. The highest BCUT2D eigenvalue weighted by molar-refractivity contribution is 7.85. The monoisotopic (exact) mass is 250 g/mol. The molecule has 0 aromatic carbocycles. The quantitative estimate of drug-likeness (QED) is 0.312. The molecule has 1 aliphatic rings. The van der Waals surface area contributed by atoms with Crippen LogP contribution >= 0.6 is 25.3 Å². The van der Waals surface area contributed by atoms with Crippen molar-refractivity contribution < 1.29 is 19.5 Å².